The Morgan fingerprint density at radius 1 is 1.00 bits per heavy atom. The normalized spacial score (nSPS) is 31.3. The lowest BCUT2D eigenvalue weighted by atomic mass is 9.66. The van der Waals surface area contributed by atoms with Crippen molar-refractivity contribution in [1.82, 2.24) is 14.1 Å². The molecule has 1 amide bonds. The van der Waals surface area contributed by atoms with Gasteiger partial charge in [0, 0.05) is 39.3 Å². The molecule has 2 atom stereocenters. The van der Waals surface area contributed by atoms with Crippen LogP contribution in [0.3, 0.4) is 0 Å². The molecule has 12 heteroatoms. The summed E-state index contributed by atoms with van der Waals surface area (Å²) in [5.74, 6) is -1.94. The summed E-state index contributed by atoms with van der Waals surface area (Å²) in [6, 6.07) is 0. The molecule has 0 radical (unpaired) electrons. The summed E-state index contributed by atoms with van der Waals surface area (Å²) in [4.78, 5) is 27.2. The average Bonchev–Trinajstić information content (AvgIpc) is 3.28. The lowest BCUT2D eigenvalue weighted by Gasteiger charge is -2.44. The lowest BCUT2D eigenvalue weighted by Crippen LogP contribution is -2.50. The van der Waals surface area contributed by atoms with E-state index in [4.69, 9.17) is 9.90 Å². The first-order chi connectivity index (χ1) is 16.4. The molecule has 3 aliphatic heterocycles. The third kappa shape index (κ3) is 4.94. The maximum absolute atomic E-state index is 13.7. The van der Waals surface area contributed by atoms with E-state index in [1.165, 1.54) is 0 Å². The fraction of sp³-hybridized carbons (Fsp3) is 0.913. The van der Waals surface area contributed by atoms with Crippen LogP contribution in [0.15, 0.2) is 0 Å². The topological polar surface area (TPSA) is 98.2 Å². The van der Waals surface area contributed by atoms with E-state index in [0.717, 1.165) is 84.1 Å². The first-order valence-electron chi connectivity index (χ1n) is 12.7. The van der Waals surface area contributed by atoms with Gasteiger partial charge in [0.2, 0.25) is 15.9 Å². The highest BCUT2D eigenvalue weighted by Gasteiger charge is 2.65. The highest BCUT2D eigenvalue weighted by Crippen LogP contribution is 2.62. The average molecular weight is 524 g/mol. The third-order valence-corrected chi connectivity index (χ3v) is 11.4. The molecule has 2 saturated carbocycles. The number of carbonyl (C=O) groups is 2. The number of halogens is 3. The minimum atomic E-state index is -5.08. The summed E-state index contributed by atoms with van der Waals surface area (Å²) >= 11 is 0. The third-order valence-electron chi connectivity index (χ3n) is 8.95. The number of sulfonamides is 1. The maximum atomic E-state index is 13.7. The van der Waals surface area contributed by atoms with Gasteiger partial charge in [0.25, 0.3) is 0 Å². The number of hydrogen-bond donors (Lipinski definition) is 1. The predicted molar refractivity (Wildman–Crippen MR) is 122 cm³/mol. The van der Waals surface area contributed by atoms with Gasteiger partial charge in [-0.1, -0.05) is 6.92 Å². The smallest absolute Gasteiger partial charge is 0.475 e. The van der Waals surface area contributed by atoms with E-state index in [-0.39, 0.29) is 16.1 Å². The number of rotatable bonds is 4. The second-order valence-electron chi connectivity index (χ2n) is 10.8. The van der Waals surface area contributed by atoms with Crippen LogP contribution in [0.25, 0.3) is 0 Å². The standard InChI is InChI=1S/C21H35N3O3S.C2HF3O2/c1-2-22-15-18-20(9-13-24(14-10-20)28(26,27)17-5-6-17)7-8-21(18,16-22)19(25)23-11-3-4-12-23;3-2(4,5)1(6)7/h17-18H,2-16H2,1H3;(H,6,7)/t18-,21+;/m0./s1. The maximum Gasteiger partial charge on any atom is 0.490 e. The molecule has 0 bridgehead atoms. The van der Waals surface area contributed by atoms with Gasteiger partial charge in [0.05, 0.1) is 10.7 Å². The second-order valence-corrected chi connectivity index (χ2v) is 13.1. The summed E-state index contributed by atoms with van der Waals surface area (Å²) in [7, 11) is -3.07. The van der Waals surface area contributed by atoms with E-state index in [2.05, 4.69) is 16.7 Å². The van der Waals surface area contributed by atoms with Gasteiger partial charge in [0.15, 0.2) is 0 Å². The highest BCUT2D eigenvalue weighted by atomic mass is 32.2. The minimum Gasteiger partial charge on any atom is -0.475 e. The Hall–Kier alpha value is -1.40. The number of nitrogens with zero attached hydrogens (tertiary/aromatic N) is 3. The molecule has 0 aromatic heterocycles. The molecule has 5 aliphatic rings. The zero-order valence-corrected chi connectivity index (χ0v) is 21.0. The van der Waals surface area contributed by atoms with Crippen molar-refractivity contribution in [2.75, 3.05) is 45.8 Å². The van der Waals surface area contributed by atoms with E-state index in [1.54, 1.807) is 4.31 Å². The molecule has 2 aliphatic carbocycles. The summed E-state index contributed by atoms with van der Waals surface area (Å²) < 4.78 is 58.9. The van der Waals surface area contributed by atoms with Crippen molar-refractivity contribution in [1.29, 1.82) is 0 Å². The van der Waals surface area contributed by atoms with Gasteiger partial charge < -0.3 is 14.9 Å². The van der Waals surface area contributed by atoms with Gasteiger partial charge >= 0.3 is 12.1 Å². The Kier molecular flexibility index (Phi) is 7.22. The van der Waals surface area contributed by atoms with Crippen LogP contribution in [0.4, 0.5) is 13.2 Å². The molecule has 5 fully saturated rings. The fourth-order valence-electron chi connectivity index (χ4n) is 6.85. The van der Waals surface area contributed by atoms with Gasteiger partial charge in [-0.25, -0.2) is 17.5 Å². The quantitative estimate of drug-likeness (QED) is 0.608. The van der Waals surface area contributed by atoms with Crippen molar-refractivity contribution in [3.05, 3.63) is 0 Å². The van der Waals surface area contributed by atoms with Crippen molar-refractivity contribution in [3.63, 3.8) is 0 Å². The van der Waals surface area contributed by atoms with Crippen molar-refractivity contribution >= 4 is 21.9 Å². The van der Waals surface area contributed by atoms with Gasteiger partial charge in [-0.3, -0.25) is 4.79 Å². The van der Waals surface area contributed by atoms with Crippen LogP contribution in [-0.4, -0.2) is 96.7 Å². The lowest BCUT2D eigenvalue weighted by molar-refractivity contribution is -0.192. The first-order valence-corrected chi connectivity index (χ1v) is 14.2. The Morgan fingerprint density at radius 3 is 2.06 bits per heavy atom. The van der Waals surface area contributed by atoms with Gasteiger partial charge in [-0.15, -0.1) is 0 Å². The molecule has 5 rings (SSSR count). The van der Waals surface area contributed by atoms with Crippen LogP contribution in [0.2, 0.25) is 0 Å². The Morgan fingerprint density at radius 2 is 1.57 bits per heavy atom. The van der Waals surface area contributed by atoms with Crippen LogP contribution >= 0.6 is 0 Å². The number of amides is 1. The Balaban J connectivity index is 0.000000364. The van der Waals surface area contributed by atoms with Crippen LogP contribution in [-0.2, 0) is 19.6 Å². The Labute approximate surface area is 204 Å². The largest absolute Gasteiger partial charge is 0.490 e. The number of alkyl halides is 3. The summed E-state index contributed by atoms with van der Waals surface area (Å²) in [5.41, 5.74) is -0.0488. The van der Waals surface area contributed by atoms with Crippen molar-refractivity contribution in [2.45, 2.75) is 69.7 Å². The molecule has 35 heavy (non-hydrogen) atoms. The minimum absolute atomic E-state index is 0.108. The van der Waals surface area contributed by atoms with E-state index >= 15 is 0 Å². The monoisotopic (exact) mass is 523 g/mol. The molecule has 1 spiro atoms. The number of carboxylic acid groups (broad SMARTS) is 1. The van der Waals surface area contributed by atoms with E-state index in [1.807, 2.05) is 0 Å². The van der Waals surface area contributed by atoms with Gasteiger partial charge in [-0.2, -0.15) is 13.2 Å². The number of piperidine rings is 1. The number of hydrogen-bond acceptors (Lipinski definition) is 5. The number of aliphatic carboxylic acids is 1. The number of carbonyl (C=O) groups excluding carboxylic acids is 1. The van der Waals surface area contributed by atoms with Gasteiger partial charge in [-0.05, 0) is 69.2 Å². The van der Waals surface area contributed by atoms with Crippen molar-refractivity contribution < 1.29 is 36.3 Å². The SMILES string of the molecule is CCN1C[C@H]2C3(CCN(S(=O)(=O)C4CC4)CC3)CC[C@@]2(C(=O)N2CCCC2)C1.O=C(O)C(F)(F)F. The molecule has 1 N–H and O–H groups in total. The van der Waals surface area contributed by atoms with Crippen molar-refractivity contribution in [2.24, 2.45) is 16.7 Å². The molecule has 200 valence electrons. The van der Waals surface area contributed by atoms with Crippen LogP contribution in [0.5, 0.6) is 0 Å². The number of likely N-dealkylation sites (tertiary alicyclic amines) is 2. The molecule has 8 nitrogen and oxygen atoms in total. The van der Waals surface area contributed by atoms with E-state index in [0.29, 0.717) is 24.9 Å². The number of fused-ring (bicyclic) bond motifs is 2. The second kappa shape index (κ2) is 9.48. The summed E-state index contributed by atoms with van der Waals surface area (Å²) in [6.07, 6.45) is 2.86. The zero-order valence-electron chi connectivity index (χ0n) is 20.2. The van der Waals surface area contributed by atoms with Crippen LogP contribution in [0, 0.1) is 16.7 Å². The van der Waals surface area contributed by atoms with E-state index < -0.39 is 22.2 Å². The zero-order chi connectivity index (χ0) is 25.6. The fourth-order valence-corrected chi connectivity index (χ4v) is 8.69. The molecule has 0 aromatic rings. The molecule has 0 aromatic carbocycles. The number of carboxylic acids is 1. The van der Waals surface area contributed by atoms with Gasteiger partial charge in [0.1, 0.15) is 0 Å². The Bertz CT molecular complexity index is 925. The predicted octanol–water partition coefficient (Wildman–Crippen LogP) is 2.55. The highest BCUT2D eigenvalue weighted by molar-refractivity contribution is 7.90. The molecule has 3 saturated heterocycles. The first kappa shape index (κ1) is 26.7. The van der Waals surface area contributed by atoms with E-state index in [9.17, 15) is 26.4 Å². The van der Waals surface area contributed by atoms with Crippen LogP contribution < -0.4 is 0 Å². The van der Waals surface area contributed by atoms with Crippen LogP contribution in [0.1, 0.15) is 58.3 Å². The molecular weight excluding hydrogens is 487 g/mol. The molecule has 0 unspecified atom stereocenters. The summed E-state index contributed by atoms with van der Waals surface area (Å²) in [6.45, 7) is 8.32. The summed E-state index contributed by atoms with van der Waals surface area (Å²) in [5, 5.41) is 7.02. The molecular formula is C23H36F3N3O5S. The molecule has 3 heterocycles. The van der Waals surface area contributed by atoms with Crippen molar-refractivity contribution in [3.8, 4) is 0 Å².